The number of nitrogen functional groups attached to an aromatic ring is 1. The minimum Gasteiger partial charge on any atom is -0.443 e. The second-order valence-corrected chi connectivity index (χ2v) is 5.10. The standard InChI is InChI=1S/C12H14N4O2S/c13-12-15-8-11(19-12)18-9-1-2-10(14-7-9)16-3-5-17-6-4-16/h1-2,7-8H,3-6H2,(H2,13,15). The van der Waals surface area contributed by atoms with Gasteiger partial charge in [0.25, 0.3) is 0 Å². The van der Waals surface area contributed by atoms with Crippen LogP contribution < -0.4 is 15.4 Å². The number of thiazole rings is 1. The average molecular weight is 278 g/mol. The van der Waals surface area contributed by atoms with Crippen LogP contribution in [0.3, 0.4) is 0 Å². The highest BCUT2D eigenvalue weighted by Crippen LogP contribution is 2.28. The quantitative estimate of drug-likeness (QED) is 0.922. The van der Waals surface area contributed by atoms with Crippen molar-refractivity contribution in [3.63, 3.8) is 0 Å². The maximum Gasteiger partial charge on any atom is 0.202 e. The lowest BCUT2D eigenvalue weighted by Gasteiger charge is -2.27. The fourth-order valence-electron chi connectivity index (χ4n) is 1.85. The minimum absolute atomic E-state index is 0.493. The molecule has 0 unspecified atom stereocenters. The Labute approximate surface area is 114 Å². The largest absolute Gasteiger partial charge is 0.443 e. The Morgan fingerprint density at radius 3 is 2.68 bits per heavy atom. The van der Waals surface area contributed by atoms with Gasteiger partial charge in [0.15, 0.2) is 5.13 Å². The number of hydrogen-bond donors (Lipinski definition) is 1. The van der Waals surface area contributed by atoms with E-state index in [9.17, 15) is 0 Å². The molecule has 19 heavy (non-hydrogen) atoms. The van der Waals surface area contributed by atoms with Gasteiger partial charge in [-0.3, -0.25) is 0 Å². The molecule has 0 saturated carbocycles. The third-order valence-corrected chi connectivity index (χ3v) is 3.48. The van der Waals surface area contributed by atoms with Gasteiger partial charge >= 0.3 is 0 Å². The third kappa shape index (κ3) is 2.94. The Morgan fingerprint density at radius 2 is 2.05 bits per heavy atom. The van der Waals surface area contributed by atoms with Crippen LogP contribution in [0.15, 0.2) is 24.5 Å². The van der Waals surface area contributed by atoms with E-state index in [1.807, 2.05) is 12.1 Å². The molecule has 0 atom stereocenters. The summed E-state index contributed by atoms with van der Waals surface area (Å²) in [6.07, 6.45) is 3.32. The fourth-order valence-corrected chi connectivity index (χ4v) is 2.40. The van der Waals surface area contributed by atoms with Crippen LogP contribution in [0, 0.1) is 0 Å². The summed E-state index contributed by atoms with van der Waals surface area (Å²) in [5.41, 5.74) is 5.55. The van der Waals surface area contributed by atoms with Crippen molar-refractivity contribution in [2.45, 2.75) is 0 Å². The Bertz CT molecular complexity index is 537. The Balaban J connectivity index is 1.68. The van der Waals surface area contributed by atoms with Crippen molar-refractivity contribution in [2.24, 2.45) is 0 Å². The molecule has 0 bridgehead atoms. The summed E-state index contributed by atoms with van der Waals surface area (Å²) in [7, 11) is 0. The first kappa shape index (κ1) is 12.2. The monoisotopic (exact) mass is 278 g/mol. The summed E-state index contributed by atoms with van der Waals surface area (Å²) in [6.45, 7) is 3.25. The number of ether oxygens (including phenoxy) is 2. The highest BCUT2D eigenvalue weighted by atomic mass is 32.1. The van der Waals surface area contributed by atoms with Gasteiger partial charge < -0.3 is 20.1 Å². The van der Waals surface area contributed by atoms with Gasteiger partial charge in [0.2, 0.25) is 5.06 Å². The van der Waals surface area contributed by atoms with E-state index in [1.165, 1.54) is 11.3 Å². The van der Waals surface area contributed by atoms with Crippen LogP contribution in [0.5, 0.6) is 10.8 Å². The molecule has 2 aromatic heterocycles. The second kappa shape index (κ2) is 5.41. The van der Waals surface area contributed by atoms with Crippen molar-refractivity contribution in [1.29, 1.82) is 0 Å². The zero-order valence-corrected chi connectivity index (χ0v) is 11.1. The fraction of sp³-hybridized carbons (Fsp3) is 0.333. The smallest absolute Gasteiger partial charge is 0.202 e. The molecule has 1 aliphatic heterocycles. The molecular weight excluding hydrogens is 264 g/mol. The molecule has 0 amide bonds. The molecule has 2 N–H and O–H groups in total. The summed E-state index contributed by atoms with van der Waals surface area (Å²) < 4.78 is 10.9. The lowest BCUT2D eigenvalue weighted by Crippen LogP contribution is -2.36. The van der Waals surface area contributed by atoms with Crippen molar-refractivity contribution in [1.82, 2.24) is 9.97 Å². The van der Waals surface area contributed by atoms with Crippen LogP contribution in [0.4, 0.5) is 10.9 Å². The molecule has 1 aliphatic rings. The van der Waals surface area contributed by atoms with E-state index in [4.69, 9.17) is 15.2 Å². The molecule has 6 nitrogen and oxygen atoms in total. The van der Waals surface area contributed by atoms with Crippen molar-refractivity contribution >= 4 is 22.3 Å². The van der Waals surface area contributed by atoms with Crippen LogP contribution in [0.1, 0.15) is 0 Å². The van der Waals surface area contributed by atoms with E-state index < -0.39 is 0 Å². The number of pyridine rings is 1. The molecule has 2 aromatic rings. The van der Waals surface area contributed by atoms with E-state index in [0.29, 0.717) is 15.9 Å². The normalized spacial score (nSPS) is 15.5. The zero-order chi connectivity index (χ0) is 13.1. The number of aromatic nitrogens is 2. The molecule has 100 valence electrons. The van der Waals surface area contributed by atoms with Crippen molar-refractivity contribution in [3.05, 3.63) is 24.5 Å². The second-order valence-electron chi connectivity index (χ2n) is 4.07. The lowest BCUT2D eigenvalue weighted by molar-refractivity contribution is 0.122. The van der Waals surface area contributed by atoms with Crippen molar-refractivity contribution in [3.8, 4) is 10.8 Å². The Kier molecular flexibility index (Phi) is 3.47. The highest BCUT2D eigenvalue weighted by Gasteiger charge is 2.12. The zero-order valence-electron chi connectivity index (χ0n) is 10.3. The Hall–Kier alpha value is -1.86. The molecule has 0 aliphatic carbocycles. The van der Waals surface area contributed by atoms with Gasteiger partial charge in [-0.1, -0.05) is 11.3 Å². The topological polar surface area (TPSA) is 73.5 Å². The number of hydrogen-bond acceptors (Lipinski definition) is 7. The van der Waals surface area contributed by atoms with Crippen molar-refractivity contribution < 1.29 is 9.47 Å². The van der Waals surface area contributed by atoms with Crippen LogP contribution in [0.2, 0.25) is 0 Å². The molecule has 3 heterocycles. The van der Waals surface area contributed by atoms with Gasteiger partial charge in [-0.2, -0.15) is 0 Å². The molecule has 0 radical (unpaired) electrons. The summed E-state index contributed by atoms with van der Waals surface area (Å²) in [5, 5.41) is 1.16. The molecule has 7 heteroatoms. The number of nitrogens with zero attached hydrogens (tertiary/aromatic N) is 3. The maximum absolute atomic E-state index is 5.61. The van der Waals surface area contributed by atoms with E-state index in [-0.39, 0.29) is 0 Å². The maximum atomic E-state index is 5.61. The molecular formula is C12H14N4O2S. The molecule has 3 rings (SSSR count). The summed E-state index contributed by atoms with van der Waals surface area (Å²) in [5.74, 6) is 1.63. The molecule has 1 saturated heterocycles. The number of anilines is 2. The van der Waals surface area contributed by atoms with Gasteiger partial charge in [-0.25, -0.2) is 9.97 Å². The predicted octanol–water partition coefficient (Wildman–Crippen LogP) is 1.75. The molecule has 0 spiro atoms. The van der Waals surface area contributed by atoms with Gasteiger partial charge in [-0.05, 0) is 12.1 Å². The summed E-state index contributed by atoms with van der Waals surface area (Å²) >= 11 is 1.30. The predicted molar refractivity (Wildman–Crippen MR) is 73.9 cm³/mol. The number of morpholine rings is 1. The van der Waals surface area contributed by atoms with Crippen LogP contribution in [-0.4, -0.2) is 36.3 Å². The van der Waals surface area contributed by atoms with Crippen LogP contribution in [0.25, 0.3) is 0 Å². The van der Waals surface area contributed by atoms with E-state index in [0.717, 1.165) is 32.1 Å². The van der Waals surface area contributed by atoms with E-state index in [1.54, 1.807) is 12.4 Å². The van der Waals surface area contributed by atoms with Gasteiger partial charge in [-0.15, -0.1) is 0 Å². The molecule has 1 fully saturated rings. The number of nitrogens with two attached hydrogens (primary N) is 1. The van der Waals surface area contributed by atoms with Crippen LogP contribution in [-0.2, 0) is 4.74 Å². The van der Waals surface area contributed by atoms with E-state index >= 15 is 0 Å². The van der Waals surface area contributed by atoms with E-state index in [2.05, 4.69) is 14.9 Å². The first-order valence-electron chi connectivity index (χ1n) is 5.99. The van der Waals surface area contributed by atoms with Gasteiger partial charge in [0.1, 0.15) is 11.6 Å². The van der Waals surface area contributed by atoms with Crippen LogP contribution >= 0.6 is 11.3 Å². The summed E-state index contributed by atoms with van der Waals surface area (Å²) in [6, 6.07) is 3.85. The first-order chi connectivity index (χ1) is 9.31. The van der Waals surface area contributed by atoms with Gasteiger partial charge in [0, 0.05) is 13.1 Å². The minimum atomic E-state index is 0.493. The highest BCUT2D eigenvalue weighted by molar-refractivity contribution is 7.17. The Morgan fingerprint density at radius 1 is 1.21 bits per heavy atom. The lowest BCUT2D eigenvalue weighted by atomic mass is 10.3. The first-order valence-corrected chi connectivity index (χ1v) is 6.81. The van der Waals surface area contributed by atoms with Gasteiger partial charge in [0.05, 0.1) is 25.6 Å². The molecule has 0 aromatic carbocycles. The number of rotatable bonds is 3. The SMILES string of the molecule is Nc1ncc(Oc2ccc(N3CCOCC3)nc2)s1. The third-order valence-electron chi connectivity index (χ3n) is 2.78. The average Bonchev–Trinajstić information content (AvgIpc) is 2.86. The van der Waals surface area contributed by atoms with Crippen molar-refractivity contribution in [2.75, 3.05) is 36.9 Å². The summed E-state index contributed by atoms with van der Waals surface area (Å²) in [4.78, 5) is 10.5.